The summed E-state index contributed by atoms with van der Waals surface area (Å²) in [6.45, 7) is 1.78. The third kappa shape index (κ3) is 10.7. The molecule has 0 unspecified atom stereocenters. The molecule has 0 atom stereocenters. The largest absolute Gasteiger partial charge is 0.481 e. The average Bonchev–Trinajstić information content (AvgIpc) is 3.90. The Morgan fingerprint density at radius 3 is 1.26 bits per heavy atom. The Morgan fingerprint density at radius 2 is 0.820 bits per heavy atom. The van der Waals surface area contributed by atoms with Gasteiger partial charge in [-0.1, -0.05) is 0 Å². The van der Waals surface area contributed by atoms with Crippen LogP contribution in [-0.4, -0.2) is 105 Å². The smallest absolute Gasteiger partial charge is 0.307 e. The molecule has 0 aliphatic carbocycles. The lowest BCUT2D eigenvalue weighted by atomic mass is 9.96. The number of aromatic amines is 2. The summed E-state index contributed by atoms with van der Waals surface area (Å²) in [4.78, 5) is 103. The highest BCUT2D eigenvalue weighted by molar-refractivity contribution is 6.01. The molecule has 5 N–H and O–H groups in total. The van der Waals surface area contributed by atoms with Crippen LogP contribution in [0.4, 0.5) is 0 Å². The van der Waals surface area contributed by atoms with E-state index in [1.165, 1.54) is 28.4 Å². The quantitative estimate of drug-likeness (QED) is 0.0832. The summed E-state index contributed by atoms with van der Waals surface area (Å²) in [6, 6.07) is 6.41. The molecule has 322 valence electrons. The van der Waals surface area contributed by atoms with Crippen molar-refractivity contribution < 1.29 is 67.8 Å². The number of aryl methyl sites for hydroxylation is 2. The van der Waals surface area contributed by atoms with Crippen LogP contribution >= 0.6 is 0 Å². The minimum atomic E-state index is -1.21. The number of carboxylic acids is 3. The standard InChI is InChI=1S/C43H46N4O14/c1-21-22(6-10-40(54)58-2)30-18-35-27(15-38(50)51)25(9-13-43(57)61-5)33(47-35)20-36-28(16-39(52)53)24(8-12-42(56)60-4)32(46-36)19-31-23(7-11-41(55)59-3)26(14-37(48)49)34(45-31)17-29(21)44-30/h17-20,45-46H,6-16H2,1-5H3,(H,48,49)(H,50,51)(H,52,53). The number of allylic oxidation sites excluding steroid dienone is 3. The van der Waals surface area contributed by atoms with Crippen LogP contribution in [0.3, 0.4) is 0 Å². The molecule has 0 aromatic carbocycles. The maximum atomic E-state index is 12.5. The summed E-state index contributed by atoms with van der Waals surface area (Å²) in [5.74, 6) is -5.76. The van der Waals surface area contributed by atoms with E-state index < -0.39 is 61.0 Å². The molecule has 3 aromatic rings. The van der Waals surface area contributed by atoms with Crippen LogP contribution in [0, 0.1) is 0 Å². The fourth-order valence-electron chi connectivity index (χ4n) is 7.52. The van der Waals surface area contributed by atoms with Crippen molar-refractivity contribution in [1.29, 1.82) is 0 Å². The Hall–Kier alpha value is -7.11. The van der Waals surface area contributed by atoms with E-state index in [2.05, 4.69) is 9.97 Å². The Kier molecular flexibility index (Phi) is 14.6. The molecular weight excluding hydrogens is 796 g/mol. The number of aliphatic carboxylic acids is 3. The Morgan fingerprint density at radius 1 is 0.459 bits per heavy atom. The number of nitrogens with zero attached hydrogens (tertiary/aromatic N) is 2. The second kappa shape index (κ2) is 19.8. The summed E-state index contributed by atoms with van der Waals surface area (Å²) in [5.41, 5.74) is 5.72. The van der Waals surface area contributed by atoms with Crippen molar-refractivity contribution in [2.75, 3.05) is 28.4 Å². The molecule has 61 heavy (non-hydrogen) atoms. The van der Waals surface area contributed by atoms with E-state index in [1.807, 2.05) is 0 Å². The van der Waals surface area contributed by atoms with E-state index in [0.717, 1.165) is 0 Å². The number of esters is 4. The van der Waals surface area contributed by atoms with E-state index in [9.17, 15) is 48.9 Å². The van der Waals surface area contributed by atoms with Crippen molar-refractivity contribution in [3.63, 3.8) is 0 Å². The van der Waals surface area contributed by atoms with Gasteiger partial charge >= 0.3 is 41.8 Å². The van der Waals surface area contributed by atoms with Crippen LogP contribution in [0.5, 0.6) is 0 Å². The lowest BCUT2D eigenvalue weighted by Gasteiger charge is -2.07. The lowest BCUT2D eigenvalue weighted by molar-refractivity contribution is -0.141. The van der Waals surface area contributed by atoms with E-state index in [4.69, 9.17) is 28.9 Å². The number of carbonyl (C=O) groups excluding carboxylic acids is 4. The summed E-state index contributed by atoms with van der Waals surface area (Å²) < 4.78 is 19.6. The molecule has 0 spiro atoms. The van der Waals surface area contributed by atoms with Gasteiger partial charge in [-0.25, -0.2) is 9.97 Å². The zero-order valence-electron chi connectivity index (χ0n) is 34.3. The number of carbonyl (C=O) groups is 7. The zero-order chi connectivity index (χ0) is 44.5. The lowest BCUT2D eigenvalue weighted by Crippen LogP contribution is -2.06. The number of aromatic nitrogens is 4. The molecule has 2 aliphatic rings. The van der Waals surface area contributed by atoms with Crippen molar-refractivity contribution in [2.45, 2.75) is 77.6 Å². The normalized spacial score (nSPS) is 12.3. The SMILES string of the molecule is COC(=O)CCC1=C(C)c2cc3[nH]c(cc4[nH]c(cc5nc(cc1n2)C(CC(=O)O)=C5CCC(=O)OC)c(CC(=O)O)c4CCC(=O)OC)c(CCC(=O)OC)c3CC(=O)O. The fourth-order valence-corrected chi connectivity index (χ4v) is 7.52. The summed E-state index contributed by atoms with van der Waals surface area (Å²) in [5, 5.41) is 30.4. The van der Waals surface area contributed by atoms with Gasteiger partial charge in [0.05, 0.1) is 70.5 Å². The molecule has 8 bridgehead atoms. The van der Waals surface area contributed by atoms with Crippen LogP contribution < -0.4 is 0 Å². The van der Waals surface area contributed by atoms with E-state index in [-0.39, 0.29) is 79.4 Å². The molecule has 0 fully saturated rings. The molecule has 0 saturated carbocycles. The Labute approximate surface area is 348 Å². The van der Waals surface area contributed by atoms with Crippen LogP contribution in [0.2, 0.25) is 0 Å². The number of ether oxygens (including phenoxy) is 4. The van der Waals surface area contributed by atoms with E-state index >= 15 is 0 Å². The molecular formula is C43H46N4O14. The number of fused-ring (bicyclic) bond motifs is 8. The van der Waals surface area contributed by atoms with E-state index in [1.54, 1.807) is 31.2 Å². The van der Waals surface area contributed by atoms with Crippen molar-refractivity contribution in [3.05, 3.63) is 69.3 Å². The second-order valence-corrected chi connectivity index (χ2v) is 14.2. The predicted octanol–water partition coefficient (Wildman–Crippen LogP) is 5.00. The first kappa shape index (κ1) is 45.0. The topological polar surface area (TPSA) is 274 Å². The van der Waals surface area contributed by atoms with Gasteiger partial charge in [-0.05, 0) is 101 Å². The second-order valence-electron chi connectivity index (χ2n) is 14.2. The van der Waals surface area contributed by atoms with Gasteiger partial charge in [-0.2, -0.15) is 0 Å². The monoisotopic (exact) mass is 842 g/mol. The third-order valence-corrected chi connectivity index (χ3v) is 10.5. The van der Waals surface area contributed by atoms with Gasteiger partial charge in [0.2, 0.25) is 0 Å². The van der Waals surface area contributed by atoms with E-state index in [0.29, 0.717) is 61.3 Å². The number of H-pyrrole nitrogens is 2. The predicted molar refractivity (Wildman–Crippen MR) is 218 cm³/mol. The maximum absolute atomic E-state index is 12.5. The molecule has 18 nitrogen and oxygen atoms in total. The van der Waals surface area contributed by atoms with Crippen molar-refractivity contribution in [2.24, 2.45) is 0 Å². The van der Waals surface area contributed by atoms with Gasteiger partial charge in [0.1, 0.15) is 0 Å². The minimum absolute atomic E-state index is 0.00498. The minimum Gasteiger partial charge on any atom is -0.481 e. The van der Waals surface area contributed by atoms with Crippen LogP contribution in [-0.2, 0) is 78.2 Å². The first-order valence-electron chi connectivity index (χ1n) is 19.2. The molecule has 0 amide bonds. The summed E-state index contributed by atoms with van der Waals surface area (Å²) in [7, 11) is 4.94. The Balaban J connectivity index is 2.03. The number of nitrogens with one attached hydrogen (secondary N) is 2. The fraction of sp³-hybridized carbons (Fsp3) is 0.372. The number of methoxy groups -OCH3 is 4. The molecule has 0 saturated heterocycles. The number of hydrogen-bond donors (Lipinski definition) is 5. The molecule has 0 radical (unpaired) electrons. The Bertz CT molecular complexity index is 2540. The van der Waals surface area contributed by atoms with Crippen molar-refractivity contribution in [3.8, 4) is 0 Å². The molecule has 18 heteroatoms. The number of carboxylic acid groups (broad SMARTS) is 3. The highest BCUT2D eigenvalue weighted by Gasteiger charge is 2.27. The first-order chi connectivity index (χ1) is 29.1. The summed E-state index contributed by atoms with van der Waals surface area (Å²) >= 11 is 0. The molecule has 3 aromatic heterocycles. The number of rotatable bonds is 18. The number of hydrogen-bond acceptors (Lipinski definition) is 13. The highest BCUT2D eigenvalue weighted by atomic mass is 16.5. The molecule has 5 rings (SSSR count). The van der Waals surface area contributed by atoms with Gasteiger partial charge in [0.25, 0.3) is 0 Å². The van der Waals surface area contributed by atoms with Gasteiger partial charge in [-0.15, -0.1) is 0 Å². The van der Waals surface area contributed by atoms with Gasteiger partial charge in [0, 0.05) is 47.8 Å². The molecule has 2 aliphatic heterocycles. The molecule has 5 heterocycles. The van der Waals surface area contributed by atoms with Crippen molar-refractivity contribution in [1.82, 2.24) is 19.9 Å². The average molecular weight is 843 g/mol. The van der Waals surface area contributed by atoms with Gasteiger partial charge in [-0.3, -0.25) is 33.6 Å². The van der Waals surface area contributed by atoms with Crippen LogP contribution in [0.25, 0.3) is 44.4 Å². The maximum Gasteiger partial charge on any atom is 0.307 e. The van der Waals surface area contributed by atoms with Crippen LogP contribution in [0.1, 0.15) is 96.9 Å². The van der Waals surface area contributed by atoms with Gasteiger partial charge < -0.3 is 44.2 Å². The summed E-state index contributed by atoms with van der Waals surface area (Å²) in [6.07, 6.45) is -1.78. The van der Waals surface area contributed by atoms with Crippen molar-refractivity contribution >= 4 is 86.1 Å². The zero-order valence-corrected chi connectivity index (χ0v) is 34.3. The third-order valence-electron chi connectivity index (χ3n) is 10.5. The highest BCUT2D eigenvalue weighted by Crippen LogP contribution is 2.40. The first-order valence-corrected chi connectivity index (χ1v) is 19.2. The van der Waals surface area contributed by atoms with Crippen LogP contribution in [0.15, 0.2) is 24.3 Å². The van der Waals surface area contributed by atoms with Gasteiger partial charge in [0.15, 0.2) is 0 Å².